The van der Waals surface area contributed by atoms with Crippen molar-refractivity contribution in [3.05, 3.63) is 29.8 Å². The summed E-state index contributed by atoms with van der Waals surface area (Å²) in [6.45, 7) is -0.153. The molecule has 0 saturated carbocycles. The Morgan fingerprint density at radius 2 is 2.17 bits per heavy atom. The third-order valence-electron chi connectivity index (χ3n) is 2.53. The Morgan fingerprint density at radius 3 is 2.67 bits per heavy atom. The number of para-hydroxylation sites is 1. The molecule has 5 nitrogen and oxygen atoms in total. The minimum absolute atomic E-state index is 0.153. The zero-order chi connectivity index (χ0) is 13.7. The maximum atomic E-state index is 10.8. The number of likely N-dealkylation sites (N-methyl/N-ethyl adjacent to an activating group) is 1. The summed E-state index contributed by atoms with van der Waals surface area (Å²) in [6.07, 6.45) is 0. The average Bonchev–Trinajstić information content (AvgIpc) is 2.28. The highest BCUT2D eigenvalue weighted by Gasteiger charge is 2.24. The number of rotatable bonds is 6. The van der Waals surface area contributed by atoms with Crippen LogP contribution in [0.5, 0.6) is 5.75 Å². The van der Waals surface area contributed by atoms with Crippen molar-refractivity contribution in [2.45, 2.75) is 6.04 Å². The maximum absolute atomic E-state index is 10.8. The van der Waals surface area contributed by atoms with Gasteiger partial charge in [-0.05, 0) is 13.1 Å². The van der Waals surface area contributed by atoms with Crippen molar-refractivity contribution < 1.29 is 14.6 Å². The van der Waals surface area contributed by atoms with E-state index in [1.54, 1.807) is 25.1 Å². The molecule has 1 aromatic rings. The second-order valence-corrected chi connectivity index (χ2v) is 4.33. The van der Waals surface area contributed by atoms with E-state index in [1.165, 1.54) is 0 Å². The predicted molar refractivity (Wildman–Crippen MR) is 72.8 cm³/mol. The number of hydrogen-bond acceptors (Lipinski definition) is 4. The molecular weight excluding hydrogens is 252 g/mol. The van der Waals surface area contributed by atoms with E-state index in [0.29, 0.717) is 5.75 Å². The summed E-state index contributed by atoms with van der Waals surface area (Å²) in [5.41, 5.74) is 6.47. The van der Waals surface area contributed by atoms with Crippen molar-refractivity contribution in [3.8, 4) is 5.75 Å². The smallest absolute Gasteiger partial charge is 0.317 e. The van der Waals surface area contributed by atoms with E-state index in [2.05, 4.69) is 0 Å². The lowest BCUT2D eigenvalue weighted by Crippen LogP contribution is -2.37. The molecule has 0 spiro atoms. The molecule has 0 radical (unpaired) electrons. The summed E-state index contributed by atoms with van der Waals surface area (Å²) >= 11 is 5.02. The molecule has 0 bridgehead atoms. The Hall–Kier alpha value is -1.66. The minimum Gasteiger partial charge on any atom is -0.496 e. The molecule has 1 rings (SSSR count). The Bertz CT molecular complexity index is 451. The number of carboxylic acid groups (broad SMARTS) is 1. The van der Waals surface area contributed by atoms with Crippen molar-refractivity contribution >= 4 is 23.2 Å². The molecule has 98 valence electrons. The fraction of sp³-hybridized carbons (Fsp3) is 0.333. The van der Waals surface area contributed by atoms with Crippen LogP contribution >= 0.6 is 12.2 Å². The van der Waals surface area contributed by atoms with Gasteiger partial charge in [-0.1, -0.05) is 30.4 Å². The van der Waals surface area contributed by atoms with E-state index < -0.39 is 12.0 Å². The third kappa shape index (κ3) is 3.41. The number of thiocarbonyl (C=S) groups is 1. The quantitative estimate of drug-likeness (QED) is 0.751. The Balaban J connectivity index is 3.11. The normalized spacial score (nSPS) is 12.2. The van der Waals surface area contributed by atoms with Crippen LogP contribution < -0.4 is 10.5 Å². The van der Waals surface area contributed by atoms with Crippen LogP contribution in [0.25, 0.3) is 0 Å². The van der Waals surface area contributed by atoms with E-state index in [0.717, 1.165) is 5.56 Å². The first-order valence-corrected chi connectivity index (χ1v) is 5.72. The Kier molecular flexibility index (Phi) is 5.06. The number of carbonyl (C=O) groups is 1. The molecule has 18 heavy (non-hydrogen) atoms. The Morgan fingerprint density at radius 1 is 1.56 bits per heavy atom. The lowest BCUT2D eigenvalue weighted by atomic mass is 10.0. The maximum Gasteiger partial charge on any atom is 0.317 e. The van der Waals surface area contributed by atoms with Gasteiger partial charge in [0, 0.05) is 5.56 Å². The van der Waals surface area contributed by atoms with Gasteiger partial charge in [-0.25, -0.2) is 0 Å². The second-order valence-electron chi connectivity index (χ2n) is 3.86. The van der Waals surface area contributed by atoms with Crippen LogP contribution in [0.2, 0.25) is 0 Å². The first-order valence-electron chi connectivity index (χ1n) is 5.31. The largest absolute Gasteiger partial charge is 0.496 e. The summed E-state index contributed by atoms with van der Waals surface area (Å²) in [5, 5.41) is 8.83. The van der Waals surface area contributed by atoms with Gasteiger partial charge < -0.3 is 15.6 Å². The number of nitrogens with two attached hydrogens (primary N) is 1. The van der Waals surface area contributed by atoms with Crippen molar-refractivity contribution in [2.24, 2.45) is 5.73 Å². The summed E-state index contributed by atoms with van der Waals surface area (Å²) in [7, 11) is 3.21. The number of nitrogens with zero attached hydrogens (tertiary/aromatic N) is 1. The zero-order valence-corrected chi connectivity index (χ0v) is 11.1. The minimum atomic E-state index is -0.936. The summed E-state index contributed by atoms with van der Waals surface area (Å²) in [4.78, 5) is 12.5. The monoisotopic (exact) mass is 268 g/mol. The number of hydrogen-bond donors (Lipinski definition) is 2. The lowest BCUT2D eigenvalue weighted by Gasteiger charge is -2.27. The van der Waals surface area contributed by atoms with Gasteiger partial charge in [0.05, 0.1) is 24.7 Å². The molecule has 0 aromatic heterocycles. The Labute approximate surface area is 111 Å². The van der Waals surface area contributed by atoms with Crippen LogP contribution in [0.15, 0.2) is 24.3 Å². The van der Waals surface area contributed by atoms with Crippen LogP contribution in [0.4, 0.5) is 0 Å². The number of aliphatic carboxylic acids is 1. The summed E-state index contributed by atoms with van der Waals surface area (Å²) < 4.78 is 5.24. The van der Waals surface area contributed by atoms with Crippen LogP contribution in [-0.2, 0) is 4.79 Å². The molecule has 0 aliphatic rings. The average molecular weight is 268 g/mol. The van der Waals surface area contributed by atoms with Crippen molar-refractivity contribution in [2.75, 3.05) is 20.7 Å². The van der Waals surface area contributed by atoms with Gasteiger partial charge in [-0.15, -0.1) is 0 Å². The summed E-state index contributed by atoms with van der Waals surface area (Å²) in [6, 6.07) is 6.80. The van der Waals surface area contributed by atoms with E-state index in [-0.39, 0.29) is 11.5 Å². The molecule has 3 N–H and O–H groups in total. The van der Waals surface area contributed by atoms with Gasteiger partial charge in [0.2, 0.25) is 0 Å². The lowest BCUT2D eigenvalue weighted by molar-refractivity contribution is -0.138. The fourth-order valence-electron chi connectivity index (χ4n) is 1.80. The van der Waals surface area contributed by atoms with E-state index >= 15 is 0 Å². The van der Waals surface area contributed by atoms with Crippen LogP contribution in [0, 0.1) is 0 Å². The van der Waals surface area contributed by atoms with Crippen LogP contribution in [0.3, 0.4) is 0 Å². The molecule has 1 atom stereocenters. The topological polar surface area (TPSA) is 75.8 Å². The van der Waals surface area contributed by atoms with Crippen molar-refractivity contribution in [1.82, 2.24) is 4.90 Å². The second kappa shape index (κ2) is 6.32. The molecule has 1 unspecified atom stereocenters. The number of ether oxygens (including phenoxy) is 1. The van der Waals surface area contributed by atoms with Gasteiger partial charge in [-0.3, -0.25) is 9.69 Å². The van der Waals surface area contributed by atoms with Crippen LogP contribution in [-0.4, -0.2) is 41.7 Å². The first-order chi connectivity index (χ1) is 8.47. The van der Waals surface area contributed by atoms with Crippen LogP contribution in [0.1, 0.15) is 11.6 Å². The molecule has 0 amide bonds. The van der Waals surface area contributed by atoms with Crippen molar-refractivity contribution in [3.63, 3.8) is 0 Å². The third-order valence-corrected chi connectivity index (χ3v) is 2.75. The standard InChI is InChI=1S/C12H16N2O3S/c1-14(7-10(15)16)11(12(13)18)8-5-3-4-6-9(8)17-2/h3-6,11H,7H2,1-2H3,(H2,13,18)(H,15,16). The van der Waals surface area contributed by atoms with Gasteiger partial charge in [0.25, 0.3) is 0 Å². The van der Waals surface area contributed by atoms with E-state index in [1.807, 2.05) is 18.2 Å². The highest BCUT2D eigenvalue weighted by atomic mass is 32.1. The SMILES string of the molecule is COc1ccccc1C(C(N)=S)N(C)CC(=O)O. The molecular formula is C12H16N2O3S. The zero-order valence-electron chi connectivity index (χ0n) is 10.3. The highest BCUT2D eigenvalue weighted by molar-refractivity contribution is 7.80. The molecule has 0 heterocycles. The molecule has 0 fully saturated rings. The number of carboxylic acids is 1. The highest BCUT2D eigenvalue weighted by Crippen LogP contribution is 2.28. The molecule has 0 aliphatic carbocycles. The number of benzene rings is 1. The molecule has 1 aromatic carbocycles. The number of methoxy groups -OCH3 is 1. The van der Waals surface area contributed by atoms with Gasteiger partial charge in [-0.2, -0.15) is 0 Å². The van der Waals surface area contributed by atoms with Gasteiger partial charge in [0.1, 0.15) is 5.75 Å². The molecule has 6 heteroatoms. The fourth-order valence-corrected chi connectivity index (χ4v) is 2.11. The molecule has 0 saturated heterocycles. The van der Waals surface area contributed by atoms with E-state index in [9.17, 15) is 4.79 Å². The predicted octanol–water partition coefficient (Wildman–Crippen LogP) is 1.04. The first kappa shape index (κ1) is 14.4. The van der Waals surface area contributed by atoms with Crippen molar-refractivity contribution in [1.29, 1.82) is 0 Å². The summed E-state index contributed by atoms with van der Waals surface area (Å²) in [5.74, 6) is -0.304. The molecule has 0 aliphatic heterocycles. The van der Waals surface area contributed by atoms with Gasteiger partial charge in [0.15, 0.2) is 0 Å². The van der Waals surface area contributed by atoms with E-state index in [4.69, 9.17) is 27.8 Å². The van der Waals surface area contributed by atoms with Gasteiger partial charge >= 0.3 is 5.97 Å².